The summed E-state index contributed by atoms with van der Waals surface area (Å²) in [7, 11) is 0. The van der Waals surface area contributed by atoms with Gasteiger partial charge in [0.2, 0.25) is 5.78 Å². The molecule has 0 atom stereocenters. The van der Waals surface area contributed by atoms with E-state index in [1.807, 2.05) is 35.7 Å². The van der Waals surface area contributed by atoms with Crippen molar-refractivity contribution in [2.45, 2.75) is 0 Å². The summed E-state index contributed by atoms with van der Waals surface area (Å²) >= 11 is 9.22. The molecule has 98 valence electrons. The molecular weight excluding hydrogens is 310 g/mol. The molecule has 20 heavy (non-hydrogen) atoms. The second-order valence-corrected chi connectivity index (χ2v) is 6.95. The predicted octanol–water partition coefficient (Wildman–Crippen LogP) is 5.33. The second kappa shape index (κ2) is 4.45. The molecule has 0 saturated heterocycles. The molecular formula is C15H8ClNOS2. The van der Waals surface area contributed by atoms with Gasteiger partial charge in [0.15, 0.2) is 0 Å². The van der Waals surface area contributed by atoms with Crippen molar-refractivity contribution < 1.29 is 4.79 Å². The number of aromatic amines is 1. The number of ketones is 1. The fourth-order valence-corrected chi connectivity index (χ4v) is 4.53. The van der Waals surface area contributed by atoms with Crippen LogP contribution in [0.4, 0.5) is 0 Å². The van der Waals surface area contributed by atoms with Gasteiger partial charge in [0.05, 0.1) is 4.88 Å². The molecule has 0 radical (unpaired) electrons. The minimum absolute atomic E-state index is 0.0481. The normalized spacial score (nSPS) is 11.4. The molecule has 0 spiro atoms. The Morgan fingerprint density at radius 2 is 2.05 bits per heavy atom. The van der Waals surface area contributed by atoms with Crippen LogP contribution in [0.1, 0.15) is 15.2 Å². The van der Waals surface area contributed by atoms with E-state index in [4.69, 9.17) is 11.6 Å². The van der Waals surface area contributed by atoms with E-state index in [1.54, 1.807) is 17.5 Å². The van der Waals surface area contributed by atoms with Gasteiger partial charge in [-0.15, -0.1) is 22.7 Å². The molecule has 4 aromatic rings. The number of aromatic nitrogens is 1. The van der Waals surface area contributed by atoms with Crippen molar-refractivity contribution in [1.82, 2.24) is 4.98 Å². The van der Waals surface area contributed by atoms with Gasteiger partial charge in [0.1, 0.15) is 0 Å². The number of thiophene rings is 2. The number of nitrogens with one attached hydrogen (secondary N) is 1. The van der Waals surface area contributed by atoms with Gasteiger partial charge in [-0.25, -0.2) is 0 Å². The highest BCUT2D eigenvalue weighted by atomic mass is 35.5. The molecule has 3 aromatic heterocycles. The maximum absolute atomic E-state index is 12.7. The fraction of sp³-hybridized carbons (Fsp3) is 0. The molecule has 0 amide bonds. The number of benzene rings is 1. The second-order valence-electron chi connectivity index (χ2n) is 4.48. The number of carbonyl (C=O) groups excluding carboxylic acids is 1. The lowest BCUT2D eigenvalue weighted by atomic mass is 10.1. The van der Waals surface area contributed by atoms with E-state index in [-0.39, 0.29) is 5.78 Å². The molecule has 2 nitrogen and oxygen atoms in total. The zero-order chi connectivity index (χ0) is 13.7. The van der Waals surface area contributed by atoms with E-state index in [9.17, 15) is 4.79 Å². The van der Waals surface area contributed by atoms with Crippen LogP contribution >= 0.6 is 34.3 Å². The number of halogens is 1. The van der Waals surface area contributed by atoms with Gasteiger partial charge >= 0.3 is 0 Å². The maximum Gasteiger partial charge on any atom is 0.205 e. The third kappa shape index (κ3) is 1.80. The van der Waals surface area contributed by atoms with Crippen LogP contribution < -0.4 is 0 Å². The molecule has 0 aliphatic rings. The van der Waals surface area contributed by atoms with Crippen LogP contribution in [-0.2, 0) is 0 Å². The highest BCUT2D eigenvalue weighted by Gasteiger charge is 2.17. The summed E-state index contributed by atoms with van der Waals surface area (Å²) in [6.45, 7) is 0. The van der Waals surface area contributed by atoms with Crippen molar-refractivity contribution in [1.29, 1.82) is 0 Å². The summed E-state index contributed by atoms with van der Waals surface area (Å²) in [5, 5.41) is 3.55. The molecule has 4 rings (SSSR count). The van der Waals surface area contributed by atoms with Crippen molar-refractivity contribution in [3.8, 4) is 0 Å². The number of carbonyl (C=O) groups is 1. The topological polar surface area (TPSA) is 32.9 Å². The van der Waals surface area contributed by atoms with E-state index < -0.39 is 0 Å². The lowest BCUT2D eigenvalue weighted by Gasteiger charge is -1.96. The Labute approximate surface area is 127 Å². The van der Waals surface area contributed by atoms with Crippen LogP contribution in [0.3, 0.4) is 0 Å². The smallest absolute Gasteiger partial charge is 0.205 e. The number of hydrogen-bond donors (Lipinski definition) is 1. The van der Waals surface area contributed by atoms with Gasteiger partial charge in [-0.3, -0.25) is 4.79 Å². The van der Waals surface area contributed by atoms with E-state index >= 15 is 0 Å². The van der Waals surface area contributed by atoms with E-state index in [1.165, 1.54) is 11.3 Å². The van der Waals surface area contributed by atoms with Crippen molar-refractivity contribution in [3.63, 3.8) is 0 Å². The SMILES string of the molecule is O=C(c1cc2sccc2s1)c1c[nH]c2ccc(Cl)cc12. The summed E-state index contributed by atoms with van der Waals surface area (Å²) in [5.41, 5.74) is 1.60. The van der Waals surface area contributed by atoms with Crippen LogP contribution in [0.2, 0.25) is 5.02 Å². The minimum Gasteiger partial charge on any atom is -0.360 e. The summed E-state index contributed by atoms with van der Waals surface area (Å²) in [4.78, 5) is 16.5. The van der Waals surface area contributed by atoms with Crippen molar-refractivity contribution in [2.24, 2.45) is 0 Å². The van der Waals surface area contributed by atoms with Crippen LogP contribution in [0, 0.1) is 0 Å². The number of rotatable bonds is 2. The first-order valence-corrected chi connectivity index (χ1v) is 8.08. The molecule has 1 aromatic carbocycles. The quantitative estimate of drug-likeness (QED) is 0.498. The van der Waals surface area contributed by atoms with Crippen LogP contribution in [0.15, 0.2) is 41.9 Å². The predicted molar refractivity (Wildman–Crippen MR) is 86.4 cm³/mol. The van der Waals surface area contributed by atoms with Gasteiger partial charge in [-0.2, -0.15) is 0 Å². The number of hydrogen-bond acceptors (Lipinski definition) is 3. The first kappa shape index (κ1) is 12.1. The lowest BCUT2D eigenvalue weighted by Crippen LogP contribution is -1.96. The molecule has 0 aliphatic heterocycles. The average Bonchev–Trinajstić information content (AvgIpc) is 3.10. The Hall–Kier alpha value is -1.62. The standard InChI is InChI=1S/C15H8ClNOS2/c16-8-1-2-11-9(5-8)10(7-17-11)15(18)14-6-13-12(20-14)3-4-19-13/h1-7,17H. The summed E-state index contributed by atoms with van der Waals surface area (Å²) in [6, 6.07) is 9.55. The monoisotopic (exact) mass is 317 g/mol. The average molecular weight is 318 g/mol. The van der Waals surface area contributed by atoms with Gasteiger partial charge in [-0.05, 0) is 35.7 Å². The third-order valence-electron chi connectivity index (χ3n) is 3.25. The summed E-state index contributed by atoms with van der Waals surface area (Å²) in [5.74, 6) is 0.0481. The fourth-order valence-electron chi connectivity index (χ4n) is 2.29. The Morgan fingerprint density at radius 1 is 1.15 bits per heavy atom. The molecule has 3 heterocycles. The highest BCUT2D eigenvalue weighted by Crippen LogP contribution is 2.33. The van der Waals surface area contributed by atoms with E-state index in [0.717, 1.165) is 25.2 Å². The molecule has 1 N–H and O–H groups in total. The Balaban J connectivity index is 1.87. The molecule has 5 heteroatoms. The van der Waals surface area contributed by atoms with Crippen LogP contribution in [-0.4, -0.2) is 10.8 Å². The zero-order valence-corrected chi connectivity index (χ0v) is 12.5. The molecule has 0 bridgehead atoms. The first-order valence-electron chi connectivity index (χ1n) is 6.01. The Morgan fingerprint density at radius 3 is 2.90 bits per heavy atom. The molecule has 0 aliphatic carbocycles. The van der Waals surface area contributed by atoms with Gasteiger partial charge in [0.25, 0.3) is 0 Å². The maximum atomic E-state index is 12.7. The van der Waals surface area contributed by atoms with Crippen molar-refractivity contribution in [3.05, 3.63) is 57.4 Å². The van der Waals surface area contributed by atoms with Gasteiger partial charge in [-0.1, -0.05) is 11.6 Å². The Kier molecular flexibility index (Phi) is 2.70. The van der Waals surface area contributed by atoms with Crippen LogP contribution in [0.5, 0.6) is 0 Å². The Bertz CT molecular complexity index is 919. The number of H-pyrrole nitrogens is 1. The van der Waals surface area contributed by atoms with Crippen LogP contribution in [0.25, 0.3) is 20.3 Å². The largest absolute Gasteiger partial charge is 0.360 e. The first-order chi connectivity index (χ1) is 9.72. The minimum atomic E-state index is 0.0481. The summed E-state index contributed by atoms with van der Waals surface area (Å²) in [6.07, 6.45) is 1.76. The molecule has 0 saturated carbocycles. The zero-order valence-electron chi connectivity index (χ0n) is 10.1. The molecule has 0 unspecified atom stereocenters. The van der Waals surface area contributed by atoms with E-state index in [2.05, 4.69) is 4.98 Å². The third-order valence-corrected chi connectivity index (χ3v) is 5.58. The van der Waals surface area contributed by atoms with Gasteiger partial charge in [0, 0.05) is 37.1 Å². The van der Waals surface area contributed by atoms with Gasteiger partial charge < -0.3 is 4.98 Å². The lowest BCUT2D eigenvalue weighted by molar-refractivity contribution is 0.104. The number of fused-ring (bicyclic) bond motifs is 2. The van der Waals surface area contributed by atoms with Crippen molar-refractivity contribution >= 4 is 60.4 Å². The molecule has 0 fully saturated rings. The van der Waals surface area contributed by atoms with E-state index in [0.29, 0.717) is 10.6 Å². The highest BCUT2D eigenvalue weighted by molar-refractivity contribution is 7.28. The van der Waals surface area contributed by atoms with Crippen molar-refractivity contribution in [2.75, 3.05) is 0 Å². The summed E-state index contributed by atoms with van der Waals surface area (Å²) < 4.78 is 2.33.